The van der Waals surface area contributed by atoms with Gasteiger partial charge in [-0.05, 0) is 19.1 Å². The van der Waals surface area contributed by atoms with Crippen LogP contribution in [0.3, 0.4) is 0 Å². The number of hydrogen-bond donors (Lipinski definition) is 1. The number of pyridine rings is 1. The molecule has 0 fully saturated rings. The fraction of sp³-hybridized carbons (Fsp3) is 0.333. The van der Waals surface area contributed by atoms with Gasteiger partial charge in [0.2, 0.25) is 0 Å². The molecule has 0 aliphatic rings. The van der Waals surface area contributed by atoms with Gasteiger partial charge in [0.15, 0.2) is 0 Å². The summed E-state index contributed by atoms with van der Waals surface area (Å²) in [6.45, 7) is 3.10. The molecule has 0 aromatic carbocycles. The van der Waals surface area contributed by atoms with Crippen molar-refractivity contribution in [3.05, 3.63) is 24.5 Å². The Balaban J connectivity index is 2.28. The van der Waals surface area contributed by atoms with E-state index in [0.717, 1.165) is 23.3 Å². The van der Waals surface area contributed by atoms with Crippen molar-refractivity contribution in [3.63, 3.8) is 0 Å². The quantitative estimate of drug-likeness (QED) is 0.816. The maximum absolute atomic E-state index is 11.1. The first-order valence-electron chi connectivity index (χ1n) is 5.50. The zero-order valence-corrected chi connectivity index (χ0v) is 9.93. The van der Waals surface area contributed by atoms with Crippen LogP contribution < -0.4 is 5.32 Å². The lowest BCUT2D eigenvalue weighted by molar-refractivity contribution is -0.138. The minimum absolute atomic E-state index is 0.160. The van der Waals surface area contributed by atoms with Gasteiger partial charge in [0, 0.05) is 30.0 Å². The zero-order valence-electron chi connectivity index (χ0n) is 9.93. The summed E-state index contributed by atoms with van der Waals surface area (Å²) in [5.41, 5.74) is 1.81. The van der Waals surface area contributed by atoms with Gasteiger partial charge in [-0.1, -0.05) is 0 Å². The summed E-state index contributed by atoms with van der Waals surface area (Å²) >= 11 is 0. The van der Waals surface area contributed by atoms with Crippen molar-refractivity contribution in [3.8, 4) is 0 Å². The standard InChI is InChI=1S/C12H15N3O2/c1-3-15-7-5-9-10(4-6-13-12(9)15)14-8-11(16)17-2/h4-7H,3,8H2,1-2H3,(H,13,14). The predicted octanol–water partition coefficient (Wildman–Crippen LogP) is 1.64. The van der Waals surface area contributed by atoms with E-state index in [-0.39, 0.29) is 12.5 Å². The number of nitrogens with one attached hydrogen (secondary N) is 1. The third-order valence-corrected chi connectivity index (χ3v) is 2.65. The molecule has 2 aromatic rings. The number of hydrogen-bond acceptors (Lipinski definition) is 4. The number of nitrogens with zero attached hydrogens (tertiary/aromatic N) is 2. The topological polar surface area (TPSA) is 56.2 Å². The number of fused-ring (bicyclic) bond motifs is 1. The van der Waals surface area contributed by atoms with Crippen molar-refractivity contribution in [2.75, 3.05) is 19.0 Å². The van der Waals surface area contributed by atoms with Gasteiger partial charge in [-0.2, -0.15) is 0 Å². The number of anilines is 1. The molecule has 0 amide bonds. The van der Waals surface area contributed by atoms with Crippen LogP contribution in [-0.2, 0) is 16.1 Å². The van der Waals surface area contributed by atoms with E-state index in [1.807, 2.05) is 18.3 Å². The predicted molar refractivity (Wildman–Crippen MR) is 65.9 cm³/mol. The van der Waals surface area contributed by atoms with Gasteiger partial charge in [-0.25, -0.2) is 4.98 Å². The Morgan fingerprint density at radius 1 is 1.53 bits per heavy atom. The van der Waals surface area contributed by atoms with Crippen LogP contribution >= 0.6 is 0 Å². The molecule has 0 spiro atoms. The van der Waals surface area contributed by atoms with Crippen LogP contribution in [0.2, 0.25) is 0 Å². The molecule has 0 unspecified atom stereocenters. The lowest BCUT2D eigenvalue weighted by Gasteiger charge is -2.06. The van der Waals surface area contributed by atoms with Gasteiger partial charge in [-0.3, -0.25) is 4.79 Å². The number of esters is 1. The molecule has 1 N–H and O–H groups in total. The molecular weight excluding hydrogens is 218 g/mol. The molecule has 0 saturated carbocycles. The molecule has 2 rings (SSSR count). The van der Waals surface area contributed by atoms with Crippen molar-refractivity contribution in [1.29, 1.82) is 0 Å². The first-order valence-corrected chi connectivity index (χ1v) is 5.50. The second-order valence-electron chi connectivity index (χ2n) is 3.63. The summed E-state index contributed by atoms with van der Waals surface area (Å²) in [4.78, 5) is 15.4. The Morgan fingerprint density at radius 2 is 2.35 bits per heavy atom. The smallest absolute Gasteiger partial charge is 0.325 e. The third-order valence-electron chi connectivity index (χ3n) is 2.65. The number of carbonyl (C=O) groups excluding carboxylic acids is 1. The first kappa shape index (κ1) is 11.4. The number of aryl methyl sites for hydroxylation is 1. The fourth-order valence-corrected chi connectivity index (χ4v) is 1.74. The summed E-state index contributed by atoms with van der Waals surface area (Å²) < 4.78 is 6.64. The average molecular weight is 233 g/mol. The highest BCUT2D eigenvalue weighted by Crippen LogP contribution is 2.22. The van der Waals surface area contributed by atoms with E-state index >= 15 is 0 Å². The van der Waals surface area contributed by atoms with Crippen molar-refractivity contribution in [2.24, 2.45) is 0 Å². The highest BCUT2D eigenvalue weighted by Gasteiger charge is 2.07. The largest absolute Gasteiger partial charge is 0.468 e. The Hall–Kier alpha value is -2.04. The van der Waals surface area contributed by atoms with E-state index < -0.39 is 0 Å². The number of aromatic nitrogens is 2. The SMILES string of the molecule is CCn1ccc2c(NCC(=O)OC)ccnc21. The lowest BCUT2D eigenvalue weighted by Crippen LogP contribution is -2.15. The fourth-order valence-electron chi connectivity index (χ4n) is 1.74. The average Bonchev–Trinajstić information content (AvgIpc) is 2.79. The van der Waals surface area contributed by atoms with Gasteiger partial charge in [0.1, 0.15) is 12.2 Å². The van der Waals surface area contributed by atoms with Gasteiger partial charge in [-0.15, -0.1) is 0 Å². The Morgan fingerprint density at radius 3 is 3.06 bits per heavy atom. The monoisotopic (exact) mass is 233 g/mol. The van der Waals surface area contributed by atoms with E-state index in [1.54, 1.807) is 6.20 Å². The van der Waals surface area contributed by atoms with E-state index in [1.165, 1.54) is 7.11 Å². The summed E-state index contributed by atoms with van der Waals surface area (Å²) in [5.74, 6) is -0.287. The van der Waals surface area contributed by atoms with Crippen LogP contribution in [0, 0.1) is 0 Å². The van der Waals surface area contributed by atoms with E-state index in [4.69, 9.17) is 0 Å². The first-order chi connectivity index (χ1) is 8.26. The lowest BCUT2D eigenvalue weighted by atomic mass is 10.3. The number of ether oxygens (including phenoxy) is 1. The molecule has 17 heavy (non-hydrogen) atoms. The Bertz CT molecular complexity index is 534. The Labute approximate surface area is 99.4 Å². The molecule has 90 valence electrons. The third kappa shape index (κ3) is 2.22. The highest BCUT2D eigenvalue weighted by atomic mass is 16.5. The summed E-state index contributed by atoms with van der Waals surface area (Å²) in [6.07, 6.45) is 3.72. The molecule has 0 atom stereocenters. The van der Waals surface area contributed by atoms with Crippen LogP contribution in [0.4, 0.5) is 5.69 Å². The normalized spacial score (nSPS) is 10.5. The molecule has 0 radical (unpaired) electrons. The van der Waals surface area contributed by atoms with Crippen LogP contribution in [0.25, 0.3) is 11.0 Å². The molecule has 2 aromatic heterocycles. The number of methoxy groups -OCH3 is 1. The summed E-state index contributed by atoms with van der Waals surface area (Å²) in [7, 11) is 1.37. The van der Waals surface area contributed by atoms with Crippen molar-refractivity contribution >= 4 is 22.7 Å². The van der Waals surface area contributed by atoms with Crippen molar-refractivity contribution in [1.82, 2.24) is 9.55 Å². The van der Waals surface area contributed by atoms with Crippen LogP contribution in [0.5, 0.6) is 0 Å². The van der Waals surface area contributed by atoms with Crippen LogP contribution in [0.1, 0.15) is 6.92 Å². The summed E-state index contributed by atoms with van der Waals surface area (Å²) in [6, 6.07) is 3.84. The number of rotatable bonds is 4. The minimum Gasteiger partial charge on any atom is -0.468 e. The Kier molecular flexibility index (Phi) is 3.27. The molecule has 0 aliphatic carbocycles. The number of carbonyl (C=O) groups is 1. The molecule has 5 heteroatoms. The molecular formula is C12H15N3O2. The highest BCUT2D eigenvalue weighted by molar-refractivity contribution is 5.91. The van der Waals surface area contributed by atoms with E-state index in [0.29, 0.717) is 0 Å². The molecule has 0 saturated heterocycles. The van der Waals surface area contributed by atoms with Crippen molar-refractivity contribution < 1.29 is 9.53 Å². The van der Waals surface area contributed by atoms with Crippen LogP contribution in [0.15, 0.2) is 24.5 Å². The van der Waals surface area contributed by atoms with Crippen molar-refractivity contribution in [2.45, 2.75) is 13.5 Å². The van der Waals surface area contributed by atoms with Crippen LogP contribution in [-0.4, -0.2) is 29.2 Å². The maximum Gasteiger partial charge on any atom is 0.325 e. The minimum atomic E-state index is -0.287. The zero-order chi connectivity index (χ0) is 12.3. The van der Waals surface area contributed by atoms with Gasteiger partial charge < -0.3 is 14.6 Å². The second-order valence-corrected chi connectivity index (χ2v) is 3.63. The van der Waals surface area contributed by atoms with E-state index in [2.05, 4.69) is 26.5 Å². The maximum atomic E-state index is 11.1. The summed E-state index contributed by atoms with van der Waals surface area (Å²) in [5, 5.41) is 4.06. The molecule has 5 nitrogen and oxygen atoms in total. The molecule has 0 aliphatic heterocycles. The van der Waals surface area contributed by atoms with E-state index in [9.17, 15) is 4.79 Å². The second kappa shape index (κ2) is 4.86. The van der Waals surface area contributed by atoms with Gasteiger partial charge >= 0.3 is 5.97 Å². The molecule has 0 bridgehead atoms. The molecule has 2 heterocycles. The van der Waals surface area contributed by atoms with Gasteiger partial charge in [0.25, 0.3) is 0 Å². The van der Waals surface area contributed by atoms with Gasteiger partial charge in [0.05, 0.1) is 7.11 Å².